The fraction of sp³-hybridized carbons (Fsp3) is 0.222. The van der Waals surface area contributed by atoms with E-state index in [1.165, 1.54) is 6.07 Å². The minimum Gasteiger partial charge on any atom is -0.588 e. The number of rotatable bonds is 4. The molecule has 12 heteroatoms. The quantitative estimate of drug-likeness (QED) is 0.356. The number of anilines is 1. The summed E-state index contributed by atoms with van der Waals surface area (Å²) in [5.74, 6) is -1.96. The lowest BCUT2D eigenvalue weighted by Crippen LogP contribution is -2.36. The molecule has 30 heavy (non-hydrogen) atoms. The molecule has 3 heterocycles. The van der Waals surface area contributed by atoms with Crippen molar-refractivity contribution < 1.29 is 31.3 Å². The number of hydrogen-bond acceptors (Lipinski definition) is 5. The fourth-order valence-corrected chi connectivity index (χ4v) is 3.99. The number of nitrogens with zero attached hydrogens (tertiary/aromatic N) is 2. The molecular weight excluding hydrogens is 450 g/mol. The Kier molecular flexibility index (Phi) is 5.28. The van der Waals surface area contributed by atoms with Crippen molar-refractivity contribution in [2.24, 2.45) is 0 Å². The molecule has 0 aliphatic carbocycles. The van der Waals surface area contributed by atoms with E-state index >= 15 is 0 Å². The van der Waals surface area contributed by atoms with Crippen molar-refractivity contribution in [1.82, 2.24) is 9.71 Å². The van der Waals surface area contributed by atoms with Crippen LogP contribution in [-0.4, -0.2) is 28.5 Å². The van der Waals surface area contributed by atoms with Crippen molar-refractivity contribution in [3.8, 4) is 0 Å². The van der Waals surface area contributed by atoms with Crippen molar-refractivity contribution in [3.63, 3.8) is 0 Å². The van der Waals surface area contributed by atoms with Crippen LogP contribution < -0.4 is 9.62 Å². The molecule has 1 fully saturated rings. The van der Waals surface area contributed by atoms with Crippen molar-refractivity contribution >= 4 is 45.5 Å². The lowest BCUT2D eigenvalue weighted by atomic mass is 10.1. The largest absolute Gasteiger partial charge is 0.588 e. The molecular formula is C18H12ClF4N3O3S. The molecule has 1 N–H and O–H groups in total. The molecule has 1 aliphatic heterocycles. The number of alkyl halides is 3. The first kappa shape index (κ1) is 20.8. The summed E-state index contributed by atoms with van der Waals surface area (Å²) < 4.78 is 72.6. The molecule has 1 amide bonds. The van der Waals surface area contributed by atoms with E-state index in [9.17, 15) is 26.9 Å². The van der Waals surface area contributed by atoms with Gasteiger partial charge in [0.15, 0.2) is 10.9 Å². The third-order valence-electron chi connectivity index (χ3n) is 4.54. The van der Waals surface area contributed by atoms with Crippen LogP contribution >= 0.6 is 11.6 Å². The second kappa shape index (κ2) is 7.64. The molecule has 0 radical (unpaired) electrons. The number of fused-ring (bicyclic) bond motifs is 1. The lowest BCUT2D eigenvalue weighted by Gasteiger charge is -2.33. The number of halogens is 5. The van der Waals surface area contributed by atoms with E-state index in [-0.39, 0.29) is 16.7 Å². The lowest BCUT2D eigenvalue weighted by molar-refractivity contribution is -0.138. The van der Waals surface area contributed by atoms with Crippen LogP contribution in [0.1, 0.15) is 22.5 Å². The highest BCUT2D eigenvalue weighted by molar-refractivity contribution is 7.90. The summed E-state index contributed by atoms with van der Waals surface area (Å²) in [6.45, 7) is 1.56. The zero-order chi connectivity index (χ0) is 21.6. The number of amides is 1. The number of pyridine rings is 1. The molecule has 1 atom stereocenters. The molecule has 1 unspecified atom stereocenters. The Labute approximate surface area is 175 Å². The van der Waals surface area contributed by atoms with Gasteiger partial charge in [0, 0.05) is 43.2 Å². The van der Waals surface area contributed by atoms with Crippen LogP contribution in [0.5, 0.6) is 0 Å². The van der Waals surface area contributed by atoms with Crippen LogP contribution in [-0.2, 0) is 17.5 Å². The van der Waals surface area contributed by atoms with Crippen LogP contribution in [0.15, 0.2) is 39.8 Å². The number of benzene rings is 1. The second-order valence-corrected chi connectivity index (χ2v) is 8.04. The minimum atomic E-state index is -4.73. The summed E-state index contributed by atoms with van der Waals surface area (Å²) in [5.41, 5.74) is -0.446. The first-order chi connectivity index (χ1) is 14.1. The van der Waals surface area contributed by atoms with E-state index < -0.39 is 44.9 Å². The summed E-state index contributed by atoms with van der Waals surface area (Å²) in [6.07, 6.45) is -3.25. The molecule has 2 aromatic heterocycles. The number of carbonyl (C=O) groups excluding carboxylic acids is 1. The van der Waals surface area contributed by atoms with Crippen molar-refractivity contribution in [3.05, 3.63) is 52.8 Å². The predicted octanol–water partition coefficient (Wildman–Crippen LogP) is 4.30. The maximum absolute atomic E-state index is 14.4. The number of furan rings is 1. The van der Waals surface area contributed by atoms with E-state index in [0.717, 1.165) is 25.6 Å². The Morgan fingerprint density at radius 2 is 2.00 bits per heavy atom. The van der Waals surface area contributed by atoms with Gasteiger partial charge in [0.2, 0.25) is 4.90 Å². The summed E-state index contributed by atoms with van der Waals surface area (Å²) in [6, 6.07) is 4.57. The van der Waals surface area contributed by atoms with Gasteiger partial charge in [-0.1, -0.05) is 11.6 Å². The van der Waals surface area contributed by atoms with Gasteiger partial charge in [-0.25, -0.2) is 9.37 Å². The Bertz CT molecular complexity index is 1130. The third kappa shape index (κ3) is 3.92. The Morgan fingerprint density at radius 3 is 2.63 bits per heavy atom. The monoisotopic (exact) mass is 461 g/mol. The smallest absolute Gasteiger partial charge is 0.418 e. The van der Waals surface area contributed by atoms with Crippen molar-refractivity contribution in [2.75, 3.05) is 18.0 Å². The molecule has 158 valence electrons. The molecule has 1 aromatic carbocycles. The average Bonchev–Trinajstić information content (AvgIpc) is 3.04. The number of hydrogen-bond donors (Lipinski definition) is 1. The van der Waals surface area contributed by atoms with E-state index in [2.05, 4.69) is 4.98 Å². The SMILES string of the molecule is O=C(N[S+]([O-])c1cc(C(F)(F)F)cnc1Cl)c1cc2c(F)cc(N3CCC3)cc2o1. The van der Waals surface area contributed by atoms with Gasteiger partial charge in [0.25, 0.3) is 0 Å². The van der Waals surface area contributed by atoms with Crippen LogP contribution in [0, 0.1) is 5.82 Å². The van der Waals surface area contributed by atoms with E-state index in [0.29, 0.717) is 18.0 Å². The number of aromatic nitrogens is 1. The molecule has 0 spiro atoms. The van der Waals surface area contributed by atoms with Gasteiger partial charge in [-0.05, 0) is 12.5 Å². The maximum Gasteiger partial charge on any atom is 0.418 e. The first-order valence-electron chi connectivity index (χ1n) is 8.57. The van der Waals surface area contributed by atoms with Gasteiger partial charge in [0.05, 0.1) is 10.9 Å². The highest BCUT2D eigenvalue weighted by Crippen LogP contribution is 2.33. The zero-order valence-corrected chi connectivity index (χ0v) is 16.5. The fourth-order valence-electron chi connectivity index (χ4n) is 2.85. The van der Waals surface area contributed by atoms with Gasteiger partial charge in [-0.15, -0.1) is 0 Å². The van der Waals surface area contributed by atoms with Crippen LogP contribution in [0.25, 0.3) is 11.0 Å². The summed E-state index contributed by atoms with van der Waals surface area (Å²) >= 11 is 3.26. The molecule has 1 aliphatic rings. The maximum atomic E-state index is 14.4. The van der Waals surface area contributed by atoms with Crippen LogP contribution in [0.2, 0.25) is 5.15 Å². The average molecular weight is 462 g/mol. The topological polar surface area (TPSA) is 81.4 Å². The Hall–Kier alpha value is -2.50. The highest BCUT2D eigenvalue weighted by Gasteiger charge is 2.34. The number of nitrogens with one attached hydrogen (secondary N) is 1. The van der Waals surface area contributed by atoms with Crippen LogP contribution in [0.4, 0.5) is 23.2 Å². The van der Waals surface area contributed by atoms with Crippen molar-refractivity contribution in [1.29, 1.82) is 0 Å². The Balaban J connectivity index is 1.58. The van der Waals surface area contributed by atoms with E-state index in [4.69, 9.17) is 16.0 Å². The molecule has 0 bridgehead atoms. The van der Waals surface area contributed by atoms with Gasteiger partial charge in [0.1, 0.15) is 22.8 Å². The first-order valence-corrected chi connectivity index (χ1v) is 10.1. The summed E-state index contributed by atoms with van der Waals surface area (Å²) in [5, 5.41) is -0.412. The van der Waals surface area contributed by atoms with Gasteiger partial charge >= 0.3 is 12.1 Å². The van der Waals surface area contributed by atoms with Gasteiger partial charge < -0.3 is 13.9 Å². The van der Waals surface area contributed by atoms with Crippen LogP contribution in [0.3, 0.4) is 0 Å². The highest BCUT2D eigenvalue weighted by atomic mass is 35.5. The Morgan fingerprint density at radius 1 is 1.27 bits per heavy atom. The third-order valence-corrected chi connectivity index (χ3v) is 6.03. The zero-order valence-electron chi connectivity index (χ0n) is 14.9. The second-order valence-electron chi connectivity index (χ2n) is 6.50. The molecule has 6 nitrogen and oxygen atoms in total. The van der Waals surface area contributed by atoms with E-state index in [1.807, 2.05) is 9.62 Å². The normalized spacial score (nSPS) is 15.2. The van der Waals surface area contributed by atoms with Gasteiger partial charge in [-0.3, -0.25) is 4.79 Å². The minimum absolute atomic E-state index is 0.0500. The van der Waals surface area contributed by atoms with Gasteiger partial charge in [-0.2, -0.15) is 17.9 Å². The predicted molar refractivity (Wildman–Crippen MR) is 101 cm³/mol. The standard InChI is InChI=1S/C18H12ClF4N3O3S/c19-16-15(4-9(8-24-16)18(21,22)23)30(28)25-17(27)14-7-11-12(20)5-10(6-13(11)29-14)26-2-1-3-26/h4-8H,1-3H2,(H,25,27). The molecule has 3 aromatic rings. The van der Waals surface area contributed by atoms with Crippen molar-refractivity contribution in [2.45, 2.75) is 17.5 Å². The van der Waals surface area contributed by atoms with E-state index in [1.54, 1.807) is 6.07 Å². The molecule has 1 saturated heterocycles. The summed E-state index contributed by atoms with van der Waals surface area (Å²) in [7, 11) is 0. The summed E-state index contributed by atoms with van der Waals surface area (Å²) in [4.78, 5) is 17.1. The number of carbonyl (C=O) groups is 1. The molecule has 4 rings (SSSR count). The molecule has 0 saturated carbocycles.